The number of aromatic nitrogens is 1. The molecule has 1 amide bonds. The van der Waals surface area contributed by atoms with Crippen LogP contribution in [0.2, 0.25) is 0 Å². The first-order valence-corrected chi connectivity index (χ1v) is 4.66. The first-order chi connectivity index (χ1) is 7.49. The Morgan fingerprint density at radius 1 is 1.50 bits per heavy atom. The molecule has 0 saturated heterocycles. The van der Waals surface area contributed by atoms with Gasteiger partial charge in [-0.15, -0.1) is 0 Å². The number of ether oxygens (including phenoxy) is 1. The van der Waals surface area contributed by atoms with E-state index in [0.717, 1.165) is 0 Å². The summed E-state index contributed by atoms with van der Waals surface area (Å²) in [6.07, 6.45) is 0.390. The van der Waals surface area contributed by atoms with Crippen LogP contribution in [0, 0.1) is 0 Å². The van der Waals surface area contributed by atoms with E-state index in [1.807, 2.05) is 0 Å². The Morgan fingerprint density at radius 2 is 2.19 bits per heavy atom. The van der Waals surface area contributed by atoms with Crippen LogP contribution in [0.5, 0.6) is 0 Å². The van der Waals surface area contributed by atoms with Crippen LogP contribution in [0.15, 0.2) is 18.3 Å². The van der Waals surface area contributed by atoms with Crippen molar-refractivity contribution < 1.29 is 19.4 Å². The Labute approximate surface area is 92.3 Å². The maximum atomic E-state index is 11.2. The zero-order valence-corrected chi connectivity index (χ0v) is 8.93. The normalized spacial score (nSPS) is 9.94. The number of aromatic carboxylic acids is 1. The van der Waals surface area contributed by atoms with Crippen LogP contribution in [0.1, 0.15) is 24.2 Å². The molecular formula is C10H12N2O4. The monoisotopic (exact) mass is 224 g/mol. The first kappa shape index (κ1) is 12.0. The highest BCUT2D eigenvalue weighted by molar-refractivity contribution is 5.90. The topological polar surface area (TPSA) is 88.5 Å². The molecule has 2 N–H and O–H groups in total. The number of hydrogen-bond donors (Lipinski definition) is 2. The van der Waals surface area contributed by atoms with Crippen LogP contribution < -0.4 is 5.32 Å². The summed E-state index contributed by atoms with van der Waals surface area (Å²) >= 11 is 0. The Bertz CT molecular complexity index is 404. The third-order valence-corrected chi connectivity index (χ3v) is 1.58. The molecule has 0 radical (unpaired) electrons. The van der Waals surface area contributed by atoms with Crippen molar-refractivity contribution in [3.8, 4) is 0 Å². The largest absolute Gasteiger partial charge is 0.478 e. The molecule has 6 nitrogen and oxygen atoms in total. The molecule has 0 saturated carbocycles. The van der Waals surface area contributed by atoms with E-state index >= 15 is 0 Å². The number of nitrogens with zero attached hydrogens (tertiary/aromatic N) is 1. The van der Waals surface area contributed by atoms with Crippen LogP contribution in [-0.2, 0) is 4.74 Å². The maximum Gasteiger partial charge on any atom is 0.413 e. The summed E-state index contributed by atoms with van der Waals surface area (Å²) in [6, 6.07) is 2.59. The summed E-state index contributed by atoms with van der Waals surface area (Å²) in [5.41, 5.74) is 0.0508. The molecule has 0 bridgehead atoms. The van der Waals surface area contributed by atoms with Gasteiger partial charge in [-0.2, -0.15) is 0 Å². The van der Waals surface area contributed by atoms with E-state index in [1.54, 1.807) is 13.8 Å². The average molecular weight is 224 g/mol. The number of amides is 1. The minimum atomic E-state index is -1.08. The Morgan fingerprint density at radius 3 is 2.75 bits per heavy atom. The standard InChI is InChI=1S/C10H12N2O4/c1-6(2)16-10(15)12-8-5-7(9(13)14)3-4-11-8/h3-6H,1-2H3,(H,13,14)(H,11,12,15). The van der Waals surface area contributed by atoms with Gasteiger partial charge < -0.3 is 9.84 Å². The zero-order valence-electron chi connectivity index (χ0n) is 8.93. The second-order valence-electron chi connectivity index (χ2n) is 3.31. The van der Waals surface area contributed by atoms with E-state index in [2.05, 4.69) is 10.3 Å². The van der Waals surface area contributed by atoms with Crippen LogP contribution in [-0.4, -0.2) is 28.3 Å². The molecule has 0 unspecified atom stereocenters. The number of anilines is 1. The van der Waals surface area contributed by atoms with Crippen molar-refractivity contribution in [1.29, 1.82) is 0 Å². The lowest BCUT2D eigenvalue weighted by atomic mass is 10.3. The molecule has 0 aromatic carbocycles. The van der Waals surface area contributed by atoms with E-state index in [0.29, 0.717) is 0 Å². The number of carbonyl (C=O) groups is 2. The van der Waals surface area contributed by atoms with Gasteiger partial charge in [0.1, 0.15) is 5.82 Å². The van der Waals surface area contributed by atoms with Crippen LogP contribution in [0.25, 0.3) is 0 Å². The Kier molecular flexibility index (Phi) is 3.82. The Hall–Kier alpha value is -2.11. The second kappa shape index (κ2) is 5.11. The molecule has 6 heteroatoms. The number of carbonyl (C=O) groups excluding carboxylic acids is 1. The van der Waals surface area contributed by atoms with Crippen molar-refractivity contribution in [2.75, 3.05) is 5.32 Å². The lowest BCUT2D eigenvalue weighted by Crippen LogP contribution is -2.18. The van der Waals surface area contributed by atoms with E-state index in [4.69, 9.17) is 9.84 Å². The van der Waals surface area contributed by atoms with E-state index in [1.165, 1.54) is 18.3 Å². The molecule has 0 spiro atoms. The molecule has 0 aliphatic rings. The van der Waals surface area contributed by atoms with Gasteiger partial charge in [0, 0.05) is 6.20 Å². The summed E-state index contributed by atoms with van der Waals surface area (Å²) in [6.45, 7) is 3.42. The van der Waals surface area contributed by atoms with E-state index in [-0.39, 0.29) is 17.5 Å². The fraction of sp³-hybridized carbons (Fsp3) is 0.300. The van der Waals surface area contributed by atoms with Gasteiger partial charge in [0.15, 0.2) is 0 Å². The first-order valence-electron chi connectivity index (χ1n) is 4.66. The summed E-state index contributed by atoms with van der Waals surface area (Å²) in [5.74, 6) is -0.937. The number of rotatable bonds is 3. The highest BCUT2D eigenvalue weighted by atomic mass is 16.6. The molecule has 86 valence electrons. The number of hydrogen-bond acceptors (Lipinski definition) is 4. The van der Waals surface area contributed by atoms with Gasteiger partial charge in [-0.25, -0.2) is 14.6 Å². The van der Waals surface area contributed by atoms with Crippen molar-refractivity contribution in [3.63, 3.8) is 0 Å². The van der Waals surface area contributed by atoms with Crippen molar-refractivity contribution in [1.82, 2.24) is 4.98 Å². The SMILES string of the molecule is CC(C)OC(=O)Nc1cc(C(=O)O)ccn1. The molecule has 1 heterocycles. The maximum absolute atomic E-state index is 11.2. The highest BCUT2D eigenvalue weighted by Gasteiger charge is 2.08. The predicted octanol–water partition coefficient (Wildman–Crippen LogP) is 1.74. The molecule has 1 rings (SSSR count). The summed E-state index contributed by atoms with van der Waals surface area (Å²) in [4.78, 5) is 25.6. The van der Waals surface area contributed by atoms with E-state index in [9.17, 15) is 9.59 Å². The molecule has 1 aromatic rings. The summed E-state index contributed by atoms with van der Waals surface area (Å²) < 4.78 is 4.82. The number of pyridine rings is 1. The van der Waals surface area contributed by atoms with Gasteiger partial charge in [0.25, 0.3) is 0 Å². The van der Waals surface area contributed by atoms with Gasteiger partial charge in [0.2, 0.25) is 0 Å². The predicted molar refractivity (Wildman–Crippen MR) is 56.4 cm³/mol. The summed E-state index contributed by atoms with van der Waals surface area (Å²) in [7, 11) is 0. The molecule has 1 aromatic heterocycles. The second-order valence-corrected chi connectivity index (χ2v) is 3.31. The van der Waals surface area contributed by atoms with Gasteiger partial charge >= 0.3 is 12.1 Å². The number of nitrogens with one attached hydrogen (secondary N) is 1. The minimum absolute atomic E-state index is 0.0508. The van der Waals surface area contributed by atoms with Crippen molar-refractivity contribution >= 4 is 17.9 Å². The Balaban J connectivity index is 2.70. The van der Waals surface area contributed by atoms with Crippen molar-refractivity contribution in [2.45, 2.75) is 20.0 Å². The molecule has 0 aliphatic carbocycles. The third-order valence-electron chi connectivity index (χ3n) is 1.58. The smallest absolute Gasteiger partial charge is 0.413 e. The number of carboxylic acids is 1. The van der Waals surface area contributed by atoms with Crippen LogP contribution >= 0.6 is 0 Å². The minimum Gasteiger partial charge on any atom is -0.478 e. The van der Waals surface area contributed by atoms with Crippen LogP contribution in [0.3, 0.4) is 0 Å². The average Bonchev–Trinajstić information content (AvgIpc) is 2.16. The zero-order chi connectivity index (χ0) is 12.1. The lowest BCUT2D eigenvalue weighted by molar-refractivity contribution is 0.0696. The lowest BCUT2D eigenvalue weighted by Gasteiger charge is -2.08. The molecule has 16 heavy (non-hydrogen) atoms. The molecule has 0 aliphatic heterocycles. The van der Waals surface area contributed by atoms with Crippen LogP contribution in [0.4, 0.5) is 10.6 Å². The van der Waals surface area contributed by atoms with Gasteiger partial charge in [-0.1, -0.05) is 0 Å². The third kappa shape index (κ3) is 3.56. The fourth-order valence-electron chi connectivity index (χ4n) is 0.980. The molecule has 0 atom stereocenters. The highest BCUT2D eigenvalue weighted by Crippen LogP contribution is 2.07. The quantitative estimate of drug-likeness (QED) is 0.816. The fourth-order valence-corrected chi connectivity index (χ4v) is 0.980. The van der Waals surface area contributed by atoms with Crippen molar-refractivity contribution in [2.24, 2.45) is 0 Å². The molecular weight excluding hydrogens is 212 g/mol. The van der Waals surface area contributed by atoms with E-state index < -0.39 is 12.1 Å². The number of carboxylic acid groups (broad SMARTS) is 1. The molecule has 0 fully saturated rings. The van der Waals surface area contributed by atoms with Crippen molar-refractivity contribution in [3.05, 3.63) is 23.9 Å². The van der Waals surface area contributed by atoms with Gasteiger partial charge in [-0.3, -0.25) is 5.32 Å². The van der Waals surface area contributed by atoms with Gasteiger partial charge in [-0.05, 0) is 26.0 Å². The summed E-state index contributed by atoms with van der Waals surface area (Å²) in [5, 5.41) is 11.0. The van der Waals surface area contributed by atoms with Gasteiger partial charge in [0.05, 0.1) is 11.7 Å².